The number of carbonyl (C=O) groups excluding carboxylic acids is 1. The van der Waals surface area contributed by atoms with Crippen molar-refractivity contribution in [2.24, 2.45) is 5.92 Å². The summed E-state index contributed by atoms with van der Waals surface area (Å²) in [6, 6.07) is 0. The molecule has 0 saturated carbocycles. The molecule has 0 bridgehead atoms. The van der Waals surface area contributed by atoms with E-state index in [1.807, 2.05) is 0 Å². The van der Waals surface area contributed by atoms with Crippen molar-refractivity contribution < 1.29 is 9.90 Å². The standard InChI is InChI=1S/C10H21NO2S/c1-9(2)4-7-14-8-10(13)11(3)5-6-12/h9,12H,4-8H2,1-3H3. The summed E-state index contributed by atoms with van der Waals surface area (Å²) in [5, 5.41) is 8.63. The molecule has 0 aliphatic carbocycles. The van der Waals surface area contributed by atoms with Gasteiger partial charge in [-0.2, -0.15) is 11.8 Å². The first-order valence-corrected chi connectivity index (χ1v) is 6.16. The van der Waals surface area contributed by atoms with Crippen LogP contribution in [-0.4, -0.2) is 47.6 Å². The van der Waals surface area contributed by atoms with E-state index in [1.165, 1.54) is 0 Å². The third-order valence-corrected chi connectivity index (χ3v) is 2.90. The molecule has 0 aliphatic rings. The first-order chi connectivity index (χ1) is 6.57. The van der Waals surface area contributed by atoms with Crippen molar-refractivity contribution in [1.82, 2.24) is 4.90 Å². The van der Waals surface area contributed by atoms with Crippen LogP contribution in [0.5, 0.6) is 0 Å². The summed E-state index contributed by atoms with van der Waals surface area (Å²) >= 11 is 1.67. The predicted molar refractivity (Wildman–Crippen MR) is 61.5 cm³/mol. The van der Waals surface area contributed by atoms with Crippen LogP contribution in [0.1, 0.15) is 20.3 Å². The molecule has 3 nitrogen and oxygen atoms in total. The van der Waals surface area contributed by atoms with Crippen molar-refractivity contribution in [3.8, 4) is 0 Å². The summed E-state index contributed by atoms with van der Waals surface area (Å²) in [5.41, 5.74) is 0. The van der Waals surface area contributed by atoms with Gasteiger partial charge in [0, 0.05) is 13.6 Å². The fourth-order valence-corrected chi connectivity index (χ4v) is 2.04. The lowest BCUT2D eigenvalue weighted by Gasteiger charge is -2.15. The molecule has 0 aliphatic heterocycles. The lowest BCUT2D eigenvalue weighted by atomic mass is 10.2. The molecule has 0 aromatic heterocycles. The number of hydrogen-bond acceptors (Lipinski definition) is 3. The minimum Gasteiger partial charge on any atom is -0.395 e. The Morgan fingerprint density at radius 1 is 1.50 bits per heavy atom. The Kier molecular flexibility index (Phi) is 7.99. The number of aliphatic hydroxyl groups excluding tert-OH is 1. The van der Waals surface area contributed by atoms with E-state index in [9.17, 15) is 4.79 Å². The summed E-state index contributed by atoms with van der Waals surface area (Å²) in [5.74, 6) is 2.38. The topological polar surface area (TPSA) is 40.5 Å². The van der Waals surface area contributed by atoms with Gasteiger partial charge in [0.25, 0.3) is 0 Å². The fraction of sp³-hybridized carbons (Fsp3) is 0.900. The molecule has 14 heavy (non-hydrogen) atoms. The molecule has 1 amide bonds. The lowest BCUT2D eigenvalue weighted by Crippen LogP contribution is -2.30. The minimum absolute atomic E-state index is 0.0406. The highest BCUT2D eigenvalue weighted by molar-refractivity contribution is 7.99. The van der Waals surface area contributed by atoms with Crippen molar-refractivity contribution in [2.75, 3.05) is 31.7 Å². The Morgan fingerprint density at radius 2 is 2.14 bits per heavy atom. The molecular formula is C10H21NO2S. The number of aliphatic hydroxyl groups is 1. The molecule has 84 valence electrons. The Morgan fingerprint density at radius 3 is 2.64 bits per heavy atom. The van der Waals surface area contributed by atoms with Gasteiger partial charge in [0.15, 0.2) is 0 Å². The molecular weight excluding hydrogens is 198 g/mol. The van der Waals surface area contributed by atoms with Crippen LogP contribution in [0.2, 0.25) is 0 Å². The number of hydrogen-bond donors (Lipinski definition) is 1. The highest BCUT2D eigenvalue weighted by Crippen LogP contribution is 2.09. The van der Waals surface area contributed by atoms with Crippen LogP contribution in [-0.2, 0) is 4.79 Å². The van der Waals surface area contributed by atoms with Gasteiger partial charge >= 0.3 is 0 Å². The quantitative estimate of drug-likeness (QED) is 0.654. The molecule has 0 atom stereocenters. The van der Waals surface area contributed by atoms with E-state index in [2.05, 4.69) is 13.8 Å². The summed E-state index contributed by atoms with van der Waals surface area (Å²) in [7, 11) is 1.72. The summed E-state index contributed by atoms with van der Waals surface area (Å²) < 4.78 is 0. The third kappa shape index (κ3) is 7.21. The van der Waals surface area contributed by atoms with Crippen molar-refractivity contribution in [3.05, 3.63) is 0 Å². The zero-order chi connectivity index (χ0) is 11.0. The van der Waals surface area contributed by atoms with Gasteiger partial charge in [0.2, 0.25) is 5.91 Å². The van der Waals surface area contributed by atoms with Gasteiger partial charge in [0.1, 0.15) is 0 Å². The minimum atomic E-state index is 0.0406. The molecule has 0 saturated heterocycles. The van der Waals surface area contributed by atoms with Crippen LogP contribution in [0, 0.1) is 5.92 Å². The Balaban J connectivity index is 3.44. The Bertz CT molecular complexity index is 162. The number of thioether (sulfide) groups is 1. The smallest absolute Gasteiger partial charge is 0.232 e. The first-order valence-electron chi connectivity index (χ1n) is 5.00. The largest absolute Gasteiger partial charge is 0.395 e. The molecule has 1 N–H and O–H groups in total. The van der Waals surface area contributed by atoms with Gasteiger partial charge in [-0.1, -0.05) is 13.8 Å². The van der Waals surface area contributed by atoms with Crippen LogP contribution in [0.25, 0.3) is 0 Å². The van der Waals surface area contributed by atoms with Gasteiger partial charge in [-0.05, 0) is 18.1 Å². The van der Waals surface area contributed by atoms with Gasteiger partial charge in [-0.15, -0.1) is 0 Å². The average Bonchev–Trinajstić information content (AvgIpc) is 2.12. The normalized spacial score (nSPS) is 10.6. The molecule has 0 spiro atoms. The highest BCUT2D eigenvalue weighted by atomic mass is 32.2. The van der Waals surface area contributed by atoms with Crippen molar-refractivity contribution in [2.45, 2.75) is 20.3 Å². The maximum Gasteiger partial charge on any atom is 0.232 e. The number of rotatable bonds is 7. The predicted octanol–water partition coefficient (Wildman–Crippen LogP) is 1.22. The molecule has 0 aromatic carbocycles. The second-order valence-corrected chi connectivity index (χ2v) is 4.88. The Hall–Kier alpha value is -0.220. The van der Waals surface area contributed by atoms with Crippen molar-refractivity contribution in [1.29, 1.82) is 0 Å². The number of carbonyl (C=O) groups is 1. The van der Waals surface area contributed by atoms with E-state index < -0.39 is 0 Å². The van der Waals surface area contributed by atoms with E-state index in [0.29, 0.717) is 18.2 Å². The molecule has 0 aromatic rings. The van der Waals surface area contributed by atoms with E-state index in [-0.39, 0.29) is 12.5 Å². The van der Waals surface area contributed by atoms with Crippen LogP contribution >= 0.6 is 11.8 Å². The second-order valence-electron chi connectivity index (χ2n) is 3.77. The van der Waals surface area contributed by atoms with E-state index >= 15 is 0 Å². The average molecular weight is 219 g/mol. The van der Waals surface area contributed by atoms with E-state index in [4.69, 9.17) is 5.11 Å². The third-order valence-electron chi connectivity index (χ3n) is 1.93. The lowest BCUT2D eigenvalue weighted by molar-refractivity contribution is -0.127. The summed E-state index contributed by atoms with van der Waals surface area (Å²) in [6.07, 6.45) is 1.15. The Labute approximate surface area is 90.9 Å². The number of nitrogens with zero attached hydrogens (tertiary/aromatic N) is 1. The van der Waals surface area contributed by atoms with E-state index in [0.717, 1.165) is 12.2 Å². The van der Waals surface area contributed by atoms with E-state index in [1.54, 1.807) is 23.7 Å². The molecule has 0 unspecified atom stereocenters. The summed E-state index contributed by atoms with van der Waals surface area (Å²) in [4.78, 5) is 12.9. The highest BCUT2D eigenvalue weighted by Gasteiger charge is 2.07. The van der Waals surface area contributed by atoms with Gasteiger partial charge < -0.3 is 10.0 Å². The SMILES string of the molecule is CC(C)CCSCC(=O)N(C)CCO. The fourth-order valence-electron chi connectivity index (χ4n) is 0.863. The molecule has 0 fully saturated rings. The van der Waals surface area contributed by atoms with Gasteiger partial charge in [-0.25, -0.2) is 0 Å². The maximum atomic E-state index is 11.4. The van der Waals surface area contributed by atoms with Gasteiger partial charge in [-0.3, -0.25) is 4.79 Å². The number of amides is 1. The maximum absolute atomic E-state index is 11.4. The van der Waals surface area contributed by atoms with Crippen LogP contribution < -0.4 is 0 Å². The second kappa shape index (κ2) is 8.12. The first kappa shape index (κ1) is 13.8. The van der Waals surface area contributed by atoms with Gasteiger partial charge in [0.05, 0.1) is 12.4 Å². The molecule has 4 heteroatoms. The molecule has 0 radical (unpaired) electrons. The summed E-state index contributed by atoms with van der Waals surface area (Å²) in [6.45, 7) is 4.84. The van der Waals surface area contributed by atoms with Crippen molar-refractivity contribution >= 4 is 17.7 Å². The monoisotopic (exact) mass is 219 g/mol. The zero-order valence-corrected chi connectivity index (χ0v) is 10.1. The molecule has 0 rings (SSSR count). The van der Waals surface area contributed by atoms with Crippen molar-refractivity contribution in [3.63, 3.8) is 0 Å². The number of likely N-dealkylation sites (N-methyl/N-ethyl adjacent to an activating group) is 1. The van der Waals surface area contributed by atoms with Crippen LogP contribution in [0.15, 0.2) is 0 Å². The molecule has 0 heterocycles. The van der Waals surface area contributed by atoms with Crippen LogP contribution in [0.4, 0.5) is 0 Å². The zero-order valence-electron chi connectivity index (χ0n) is 9.32. The van der Waals surface area contributed by atoms with Crippen LogP contribution in [0.3, 0.4) is 0 Å².